The number of carbonyl (C=O) groups is 1. The van der Waals surface area contributed by atoms with Gasteiger partial charge in [0.25, 0.3) is 0 Å². The lowest BCUT2D eigenvalue weighted by molar-refractivity contribution is 0.108. The molecule has 3 rings (SSSR count). The summed E-state index contributed by atoms with van der Waals surface area (Å²) < 4.78 is 1.74. The minimum atomic E-state index is -0.529. The number of aromatic nitrogens is 2. The molecule has 0 fully saturated rings. The van der Waals surface area contributed by atoms with E-state index in [9.17, 15) is 4.79 Å². The number of alkyl halides is 1. The Kier molecular flexibility index (Phi) is 6.54. The molecule has 0 aliphatic rings. The Morgan fingerprint density at radius 3 is 2.35 bits per heavy atom. The zero-order valence-corrected chi connectivity index (χ0v) is 17.0. The lowest BCUT2D eigenvalue weighted by Crippen LogP contribution is -2.12. The SMILES string of the molecule is O=C(SC(c1ccc(Cl)cc1)C(Cl)n1ccnc1)c1ccc(Cl)cc1Cl. The van der Waals surface area contributed by atoms with E-state index in [0.717, 1.165) is 17.3 Å². The molecule has 0 saturated carbocycles. The normalized spacial score (nSPS) is 13.4. The van der Waals surface area contributed by atoms with E-state index in [0.29, 0.717) is 20.6 Å². The van der Waals surface area contributed by atoms with Gasteiger partial charge < -0.3 is 4.57 Å². The molecule has 0 N–H and O–H groups in total. The molecule has 134 valence electrons. The molecule has 0 aliphatic heterocycles. The molecule has 3 aromatic rings. The predicted molar refractivity (Wildman–Crippen MR) is 110 cm³/mol. The van der Waals surface area contributed by atoms with Gasteiger partial charge in [0.1, 0.15) is 5.50 Å². The minimum absolute atomic E-state index is 0.197. The Labute approximate surface area is 175 Å². The van der Waals surface area contributed by atoms with Crippen molar-refractivity contribution < 1.29 is 4.79 Å². The number of benzene rings is 2. The van der Waals surface area contributed by atoms with Gasteiger partial charge in [0.05, 0.1) is 16.6 Å². The molecular weight excluding hydrogens is 434 g/mol. The molecule has 0 bridgehead atoms. The van der Waals surface area contributed by atoms with Crippen molar-refractivity contribution in [1.29, 1.82) is 0 Å². The van der Waals surface area contributed by atoms with Gasteiger partial charge in [-0.2, -0.15) is 0 Å². The Hall–Kier alpha value is -1.17. The second-order valence-electron chi connectivity index (χ2n) is 5.38. The van der Waals surface area contributed by atoms with Crippen molar-refractivity contribution in [2.45, 2.75) is 10.8 Å². The maximum Gasteiger partial charge on any atom is 0.221 e. The first kappa shape index (κ1) is 19.6. The molecule has 26 heavy (non-hydrogen) atoms. The van der Waals surface area contributed by atoms with Gasteiger partial charge in [-0.15, -0.1) is 0 Å². The van der Waals surface area contributed by atoms with E-state index in [1.807, 2.05) is 12.1 Å². The molecule has 1 heterocycles. The summed E-state index contributed by atoms with van der Waals surface area (Å²) in [7, 11) is 0. The van der Waals surface area contributed by atoms with E-state index in [2.05, 4.69) is 4.98 Å². The van der Waals surface area contributed by atoms with Crippen LogP contribution in [0.5, 0.6) is 0 Å². The highest BCUT2D eigenvalue weighted by Crippen LogP contribution is 2.43. The average molecular weight is 446 g/mol. The summed E-state index contributed by atoms with van der Waals surface area (Å²) in [6.07, 6.45) is 5.00. The van der Waals surface area contributed by atoms with Crippen molar-refractivity contribution in [1.82, 2.24) is 9.55 Å². The third-order valence-corrected chi connectivity index (χ3v) is 6.29. The van der Waals surface area contributed by atoms with Crippen LogP contribution in [-0.4, -0.2) is 14.7 Å². The summed E-state index contributed by atoms with van der Waals surface area (Å²) in [5.41, 5.74) is 0.722. The molecule has 0 radical (unpaired) electrons. The fourth-order valence-electron chi connectivity index (χ4n) is 2.34. The summed E-state index contributed by atoms with van der Waals surface area (Å²) in [6, 6.07) is 12.0. The number of hydrogen-bond donors (Lipinski definition) is 0. The topological polar surface area (TPSA) is 34.9 Å². The fraction of sp³-hybridized carbons (Fsp3) is 0.111. The molecule has 2 atom stereocenters. The van der Waals surface area contributed by atoms with Gasteiger partial charge in [-0.1, -0.05) is 70.3 Å². The Morgan fingerprint density at radius 2 is 1.73 bits per heavy atom. The minimum Gasteiger partial charge on any atom is -0.319 e. The van der Waals surface area contributed by atoms with E-state index in [4.69, 9.17) is 46.4 Å². The van der Waals surface area contributed by atoms with E-state index >= 15 is 0 Å². The highest BCUT2D eigenvalue weighted by Gasteiger charge is 2.27. The Morgan fingerprint density at radius 1 is 1.04 bits per heavy atom. The van der Waals surface area contributed by atoms with Crippen LogP contribution in [0.1, 0.15) is 26.7 Å². The van der Waals surface area contributed by atoms with Gasteiger partial charge in [-0.25, -0.2) is 4.98 Å². The molecule has 0 aliphatic carbocycles. The molecule has 0 spiro atoms. The van der Waals surface area contributed by atoms with Crippen LogP contribution in [-0.2, 0) is 0 Å². The molecule has 0 saturated heterocycles. The maximum absolute atomic E-state index is 12.8. The monoisotopic (exact) mass is 444 g/mol. The quantitative estimate of drug-likeness (QED) is 0.400. The van der Waals surface area contributed by atoms with Crippen molar-refractivity contribution in [2.75, 3.05) is 0 Å². The van der Waals surface area contributed by atoms with Gasteiger partial charge in [0.2, 0.25) is 5.12 Å². The zero-order chi connectivity index (χ0) is 18.7. The van der Waals surface area contributed by atoms with Crippen molar-refractivity contribution in [3.05, 3.63) is 87.4 Å². The highest BCUT2D eigenvalue weighted by atomic mass is 35.5. The first-order valence-electron chi connectivity index (χ1n) is 7.48. The third kappa shape index (κ3) is 4.56. The van der Waals surface area contributed by atoms with Crippen LogP contribution in [0.25, 0.3) is 0 Å². The fourth-order valence-corrected chi connectivity index (χ4v) is 4.51. The summed E-state index contributed by atoms with van der Waals surface area (Å²) in [5, 5.41) is 0.816. The van der Waals surface area contributed by atoms with Gasteiger partial charge >= 0.3 is 0 Å². The third-order valence-electron chi connectivity index (χ3n) is 3.64. The number of carbonyl (C=O) groups excluding carboxylic acids is 1. The number of halogens is 4. The van der Waals surface area contributed by atoms with Crippen LogP contribution >= 0.6 is 58.2 Å². The summed E-state index contributed by atoms with van der Waals surface area (Å²) in [5.74, 6) is 0. The Bertz CT molecular complexity index is 900. The molecule has 2 aromatic carbocycles. The molecule has 0 amide bonds. The lowest BCUT2D eigenvalue weighted by atomic mass is 10.1. The molecule has 3 nitrogen and oxygen atoms in total. The van der Waals surface area contributed by atoms with Gasteiger partial charge in [-0.05, 0) is 35.9 Å². The van der Waals surface area contributed by atoms with Crippen LogP contribution in [0.15, 0.2) is 61.2 Å². The van der Waals surface area contributed by atoms with Crippen molar-refractivity contribution >= 4 is 63.3 Å². The second-order valence-corrected chi connectivity index (χ2v) is 8.23. The van der Waals surface area contributed by atoms with Gasteiger partial charge in [0.15, 0.2) is 0 Å². The standard InChI is InChI=1S/C18H12Cl4N2OS/c19-12-3-1-11(2-4-12)16(17(22)24-8-7-23-10-24)26-18(25)14-6-5-13(20)9-15(14)21/h1-10,16-17H. The summed E-state index contributed by atoms with van der Waals surface area (Å²) >= 11 is 25.8. The molecular formula is C18H12Cl4N2OS. The average Bonchev–Trinajstić information content (AvgIpc) is 3.14. The number of imidazole rings is 1. The molecule has 8 heteroatoms. The zero-order valence-electron chi connectivity index (χ0n) is 13.2. The Balaban J connectivity index is 1.92. The van der Waals surface area contributed by atoms with Crippen molar-refractivity contribution in [3.63, 3.8) is 0 Å². The van der Waals surface area contributed by atoms with Crippen LogP contribution in [0.2, 0.25) is 15.1 Å². The van der Waals surface area contributed by atoms with Crippen LogP contribution in [0.4, 0.5) is 0 Å². The first-order chi connectivity index (χ1) is 12.5. The number of rotatable bonds is 5. The van der Waals surface area contributed by atoms with Crippen LogP contribution < -0.4 is 0 Å². The van der Waals surface area contributed by atoms with Crippen LogP contribution in [0.3, 0.4) is 0 Å². The van der Waals surface area contributed by atoms with Crippen molar-refractivity contribution in [2.24, 2.45) is 0 Å². The first-order valence-corrected chi connectivity index (χ1v) is 9.93. The number of nitrogens with zero attached hydrogens (tertiary/aromatic N) is 2. The lowest BCUT2D eigenvalue weighted by Gasteiger charge is -2.23. The number of hydrogen-bond acceptors (Lipinski definition) is 3. The van der Waals surface area contributed by atoms with Gasteiger partial charge in [0, 0.05) is 28.0 Å². The molecule has 1 aromatic heterocycles. The summed E-state index contributed by atoms with van der Waals surface area (Å²) in [6.45, 7) is 0. The van der Waals surface area contributed by atoms with Gasteiger partial charge in [-0.3, -0.25) is 4.79 Å². The van der Waals surface area contributed by atoms with E-state index in [1.165, 1.54) is 0 Å². The predicted octanol–water partition coefficient (Wildman–Crippen LogP) is 6.90. The van der Waals surface area contributed by atoms with Crippen LogP contribution in [0, 0.1) is 0 Å². The largest absolute Gasteiger partial charge is 0.319 e. The van der Waals surface area contributed by atoms with E-state index in [-0.39, 0.29) is 10.4 Å². The van der Waals surface area contributed by atoms with E-state index in [1.54, 1.807) is 53.6 Å². The van der Waals surface area contributed by atoms with Crippen molar-refractivity contribution in [3.8, 4) is 0 Å². The molecule has 2 unspecified atom stereocenters. The summed E-state index contributed by atoms with van der Waals surface area (Å²) in [4.78, 5) is 16.8. The highest BCUT2D eigenvalue weighted by molar-refractivity contribution is 8.14. The van der Waals surface area contributed by atoms with E-state index < -0.39 is 5.50 Å². The smallest absolute Gasteiger partial charge is 0.221 e. The maximum atomic E-state index is 12.8. The number of thioether (sulfide) groups is 1. The second kappa shape index (κ2) is 8.68.